The molecule has 1 aromatic rings. The van der Waals surface area contributed by atoms with Crippen LogP contribution in [0.4, 0.5) is 17.6 Å². The second-order valence-electron chi connectivity index (χ2n) is 4.08. The van der Waals surface area contributed by atoms with E-state index < -0.39 is 30.7 Å². The maximum Gasteiger partial charge on any atom is 0.401 e. The van der Waals surface area contributed by atoms with Gasteiger partial charge in [0.15, 0.2) is 0 Å². The number of hydrogen-bond acceptors (Lipinski definition) is 2. The van der Waals surface area contributed by atoms with Crippen LogP contribution < -0.4 is 5.32 Å². The largest absolute Gasteiger partial charge is 0.401 e. The van der Waals surface area contributed by atoms with E-state index in [2.05, 4.69) is 21.2 Å². The zero-order valence-corrected chi connectivity index (χ0v) is 11.1. The second-order valence-corrected chi connectivity index (χ2v) is 5.00. The predicted octanol–water partition coefficient (Wildman–Crippen LogP) is 2.95. The van der Waals surface area contributed by atoms with Crippen molar-refractivity contribution in [3.8, 4) is 0 Å². The van der Waals surface area contributed by atoms with Gasteiger partial charge in [-0.2, -0.15) is 13.2 Å². The summed E-state index contributed by atoms with van der Waals surface area (Å²) >= 11 is 3.11. The van der Waals surface area contributed by atoms with Crippen LogP contribution >= 0.6 is 15.9 Å². The fourth-order valence-electron chi connectivity index (χ4n) is 1.45. The molecule has 18 heavy (non-hydrogen) atoms. The van der Waals surface area contributed by atoms with E-state index in [1.54, 1.807) is 0 Å². The SMILES string of the molecule is CC(CO)(NCC(F)(F)F)c1cc(Br)ccc1F. The Balaban J connectivity index is 3.03. The molecular formula is C11H12BrF4NO. The number of hydrogen-bond donors (Lipinski definition) is 2. The van der Waals surface area contributed by atoms with Crippen LogP contribution in [0.3, 0.4) is 0 Å². The van der Waals surface area contributed by atoms with E-state index in [9.17, 15) is 22.7 Å². The molecule has 0 fully saturated rings. The van der Waals surface area contributed by atoms with E-state index >= 15 is 0 Å². The quantitative estimate of drug-likeness (QED) is 0.832. The molecule has 0 spiro atoms. The average Bonchev–Trinajstić information content (AvgIpc) is 2.28. The summed E-state index contributed by atoms with van der Waals surface area (Å²) in [5.41, 5.74) is -1.52. The molecule has 0 aliphatic rings. The summed E-state index contributed by atoms with van der Waals surface area (Å²) in [5, 5.41) is 11.4. The Hall–Kier alpha value is -0.660. The van der Waals surface area contributed by atoms with Crippen LogP contribution in [0.2, 0.25) is 0 Å². The number of nitrogens with one attached hydrogen (secondary N) is 1. The standard InChI is InChI=1S/C11H12BrF4NO/c1-10(6-18,17-5-11(14,15)16)8-4-7(12)2-3-9(8)13/h2-4,17-18H,5-6H2,1H3. The number of rotatable bonds is 4. The van der Waals surface area contributed by atoms with Gasteiger partial charge < -0.3 is 5.11 Å². The van der Waals surface area contributed by atoms with E-state index in [0.717, 1.165) is 6.07 Å². The topological polar surface area (TPSA) is 32.3 Å². The molecule has 7 heteroatoms. The zero-order chi connectivity index (χ0) is 14.0. The van der Waals surface area contributed by atoms with Crippen LogP contribution in [0.15, 0.2) is 22.7 Å². The number of aliphatic hydroxyl groups is 1. The molecule has 0 radical (unpaired) electrons. The van der Waals surface area contributed by atoms with Crippen LogP contribution in [0.1, 0.15) is 12.5 Å². The van der Waals surface area contributed by atoms with E-state index in [1.165, 1.54) is 19.1 Å². The molecule has 0 saturated heterocycles. The lowest BCUT2D eigenvalue weighted by Gasteiger charge is -2.30. The Morgan fingerprint density at radius 3 is 2.44 bits per heavy atom. The fraction of sp³-hybridized carbons (Fsp3) is 0.455. The molecule has 102 valence electrons. The van der Waals surface area contributed by atoms with Crippen molar-refractivity contribution in [1.29, 1.82) is 0 Å². The van der Waals surface area contributed by atoms with Gasteiger partial charge in [0, 0.05) is 10.0 Å². The molecule has 0 amide bonds. The Morgan fingerprint density at radius 1 is 1.33 bits per heavy atom. The van der Waals surface area contributed by atoms with Crippen LogP contribution in [0, 0.1) is 5.82 Å². The summed E-state index contributed by atoms with van der Waals surface area (Å²) in [7, 11) is 0. The highest BCUT2D eigenvalue weighted by Crippen LogP contribution is 2.27. The second kappa shape index (κ2) is 5.54. The summed E-state index contributed by atoms with van der Waals surface area (Å²) in [4.78, 5) is 0. The van der Waals surface area contributed by atoms with Crippen LogP contribution in [0.5, 0.6) is 0 Å². The third-order valence-electron chi connectivity index (χ3n) is 2.52. The first-order chi connectivity index (χ1) is 8.18. The molecule has 0 bridgehead atoms. The highest BCUT2D eigenvalue weighted by molar-refractivity contribution is 9.10. The van der Waals surface area contributed by atoms with Gasteiger partial charge in [-0.3, -0.25) is 5.32 Å². The molecule has 1 unspecified atom stereocenters. The van der Waals surface area contributed by atoms with Gasteiger partial charge in [-0.15, -0.1) is 0 Å². The minimum absolute atomic E-state index is 0.0244. The maximum atomic E-state index is 13.6. The molecule has 0 aromatic heterocycles. The van der Waals surface area contributed by atoms with E-state index in [0.29, 0.717) is 4.47 Å². The Morgan fingerprint density at radius 2 is 1.94 bits per heavy atom. The highest BCUT2D eigenvalue weighted by atomic mass is 79.9. The molecule has 1 atom stereocenters. The van der Waals surface area contributed by atoms with Crippen molar-refractivity contribution in [3.63, 3.8) is 0 Å². The van der Waals surface area contributed by atoms with Crippen molar-refractivity contribution in [1.82, 2.24) is 5.32 Å². The van der Waals surface area contributed by atoms with Crippen molar-refractivity contribution >= 4 is 15.9 Å². The number of halogens is 5. The minimum Gasteiger partial charge on any atom is -0.394 e. The van der Waals surface area contributed by atoms with Gasteiger partial charge in [-0.25, -0.2) is 4.39 Å². The van der Waals surface area contributed by atoms with Crippen molar-refractivity contribution in [3.05, 3.63) is 34.1 Å². The molecule has 0 aliphatic heterocycles. The smallest absolute Gasteiger partial charge is 0.394 e. The summed E-state index contributed by atoms with van der Waals surface area (Å²) < 4.78 is 50.7. The minimum atomic E-state index is -4.43. The zero-order valence-electron chi connectivity index (χ0n) is 9.48. The first kappa shape index (κ1) is 15.4. The molecule has 2 N–H and O–H groups in total. The average molecular weight is 330 g/mol. The molecule has 0 aliphatic carbocycles. The molecule has 2 nitrogen and oxygen atoms in total. The molecule has 1 rings (SSSR count). The number of aliphatic hydroxyl groups excluding tert-OH is 1. The van der Waals surface area contributed by atoms with Crippen LogP contribution in [-0.4, -0.2) is 24.4 Å². The van der Waals surface area contributed by atoms with Gasteiger partial charge in [-0.1, -0.05) is 15.9 Å². The van der Waals surface area contributed by atoms with Gasteiger partial charge in [0.2, 0.25) is 0 Å². The van der Waals surface area contributed by atoms with Crippen molar-refractivity contribution in [2.75, 3.05) is 13.2 Å². The first-order valence-corrected chi connectivity index (χ1v) is 5.85. The predicted molar refractivity (Wildman–Crippen MR) is 62.6 cm³/mol. The van der Waals surface area contributed by atoms with E-state index in [-0.39, 0.29) is 5.56 Å². The van der Waals surface area contributed by atoms with Gasteiger partial charge in [0.1, 0.15) is 5.82 Å². The maximum absolute atomic E-state index is 13.6. The summed E-state index contributed by atoms with van der Waals surface area (Å²) in [6.45, 7) is -0.657. The normalized spacial score (nSPS) is 15.5. The molecule has 0 heterocycles. The summed E-state index contributed by atoms with van der Waals surface area (Å²) in [6, 6.07) is 3.90. The summed E-state index contributed by atoms with van der Waals surface area (Å²) in [5.74, 6) is -0.676. The Labute approximate surface area is 110 Å². The van der Waals surface area contributed by atoms with E-state index in [4.69, 9.17) is 0 Å². The van der Waals surface area contributed by atoms with Gasteiger partial charge in [0.05, 0.1) is 18.7 Å². The van der Waals surface area contributed by atoms with Crippen molar-refractivity contribution in [2.24, 2.45) is 0 Å². The first-order valence-electron chi connectivity index (χ1n) is 5.06. The van der Waals surface area contributed by atoms with Crippen molar-refractivity contribution in [2.45, 2.75) is 18.6 Å². The monoisotopic (exact) mass is 329 g/mol. The third-order valence-corrected chi connectivity index (χ3v) is 3.01. The lowest BCUT2D eigenvalue weighted by Crippen LogP contribution is -2.47. The summed E-state index contributed by atoms with van der Waals surface area (Å²) in [6.07, 6.45) is -4.43. The van der Waals surface area contributed by atoms with Crippen LogP contribution in [-0.2, 0) is 5.54 Å². The van der Waals surface area contributed by atoms with E-state index in [1.807, 2.05) is 0 Å². The van der Waals surface area contributed by atoms with Gasteiger partial charge >= 0.3 is 6.18 Å². The van der Waals surface area contributed by atoms with Gasteiger partial charge in [0.25, 0.3) is 0 Å². The Bertz CT molecular complexity index is 424. The fourth-order valence-corrected chi connectivity index (χ4v) is 1.81. The number of alkyl halides is 3. The molecule has 0 saturated carbocycles. The third kappa shape index (κ3) is 3.93. The van der Waals surface area contributed by atoms with Gasteiger partial charge in [-0.05, 0) is 25.1 Å². The van der Waals surface area contributed by atoms with Crippen molar-refractivity contribution < 1.29 is 22.7 Å². The molecule has 1 aromatic carbocycles. The highest BCUT2D eigenvalue weighted by Gasteiger charge is 2.35. The lowest BCUT2D eigenvalue weighted by molar-refractivity contribution is -0.129. The number of benzene rings is 1. The molecular weight excluding hydrogens is 318 g/mol. The van der Waals surface area contributed by atoms with Crippen LogP contribution in [0.25, 0.3) is 0 Å². The lowest BCUT2D eigenvalue weighted by atomic mass is 9.92. The Kier molecular flexibility index (Phi) is 4.74.